The van der Waals surface area contributed by atoms with Crippen LogP contribution in [0.1, 0.15) is 25.8 Å². The molecule has 0 bridgehead atoms. The van der Waals surface area contributed by atoms with Crippen LogP contribution < -0.4 is 5.32 Å². The summed E-state index contributed by atoms with van der Waals surface area (Å²) in [5, 5.41) is 3.33. The van der Waals surface area contributed by atoms with Gasteiger partial charge in [0.05, 0.1) is 0 Å². The van der Waals surface area contributed by atoms with Gasteiger partial charge in [-0.3, -0.25) is 0 Å². The summed E-state index contributed by atoms with van der Waals surface area (Å²) in [4.78, 5) is 1.35. The zero-order valence-electron chi connectivity index (χ0n) is 10.9. The minimum absolute atomic E-state index is 0.823. The van der Waals surface area contributed by atoms with Crippen molar-refractivity contribution in [1.29, 1.82) is 0 Å². The van der Waals surface area contributed by atoms with E-state index in [0.717, 1.165) is 38.5 Å². The van der Waals surface area contributed by atoms with Crippen LogP contribution in [0.15, 0.2) is 29.2 Å². The zero-order valence-corrected chi connectivity index (χ0v) is 11.7. The Bertz CT molecular complexity index is 287. The average molecular weight is 253 g/mol. The molecule has 0 fully saturated rings. The SMILES string of the molecule is CCNCc1ccc(SCCCOCC)cc1. The lowest BCUT2D eigenvalue weighted by molar-refractivity contribution is 0.149. The number of benzene rings is 1. The first-order chi connectivity index (χ1) is 8.36. The van der Waals surface area contributed by atoms with Gasteiger partial charge in [0.1, 0.15) is 0 Å². The molecule has 3 heteroatoms. The molecule has 0 aliphatic rings. The molecule has 0 aliphatic carbocycles. The second-order valence-corrected chi connectivity index (χ2v) is 4.99. The highest BCUT2D eigenvalue weighted by molar-refractivity contribution is 7.99. The molecule has 1 N–H and O–H groups in total. The maximum absolute atomic E-state index is 5.31. The smallest absolute Gasteiger partial charge is 0.0473 e. The minimum Gasteiger partial charge on any atom is -0.382 e. The fraction of sp³-hybridized carbons (Fsp3) is 0.571. The van der Waals surface area contributed by atoms with Crippen molar-refractivity contribution in [3.63, 3.8) is 0 Å². The highest BCUT2D eigenvalue weighted by Crippen LogP contribution is 2.19. The fourth-order valence-corrected chi connectivity index (χ4v) is 2.29. The molecule has 0 saturated carbocycles. The predicted molar refractivity (Wildman–Crippen MR) is 75.7 cm³/mol. The first-order valence-electron chi connectivity index (χ1n) is 6.37. The van der Waals surface area contributed by atoms with Gasteiger partial charge >= 0.3 is 0 Å². The van der Waals surface area contributed by atoms with Gasteiger partial charge in [0.2, 0.25) is 0 Å². The van der Waals surface area contributed by atoms with Crippen molar-refractivity contribution in [3.8, 4) is 0 Å². The van der Waals surface area contributed by atoms with E-state index < -0.39 is 0 Å². The third kappa shape index (κ3) is 6.71. The summed E-state index contributed by atoms with van der Waals surface area (Å²) >= 11 is 1.90. The molecule has 0 saturated heterocycles. The Morgan fingerprint density at radius 3 is 2.59 bits per heavy atom. The van der Waals surface area contributed by atoms with Crippen LogP contribution in [0.4, 0.5) is 0 Å². The molecular formula is C14H23NOS. The maximum atomic E-state index is 5.31. The molecule has 0 heterocycles. The average Bonchev–Trinajstić information content (AvgIpc) is 2.37. The van der Waals surface area contributed by atoms with Crippen LogP contribution in [-0.4, -0.2) is 25.5 Å². The highest BCUT2D eigenvalue weighted by Gasteiger charge is 1.95. The first kappa shape index (κ1) is 14.6. The first-order valence-corrected chi connectivity index (χ1v) is 7.35. The van der Waals surface area contributed by atoms with Crippen molar-refractivity contribution in [3.05, 3.63) is 29.8 Å². The molecular weight excluding hydrogens is 230 g/mol. The van der Waals surface area contributed by atoms with Crippen molar-refractivity contribution < 1.29 is 4.74 Å². The third-order valence-corrected chi connectivity index (χ3v) is 3.51. The number of rotatable bonds is 9. The van der Waals surface area contributed by atoms with Gasteiger partial charge in [0.15, 0.2) is 0 Å². The third-order valence-electron chi connectivity index (χ3n) is 2.41. The molecule has 0 unspecified atom stereocenters. The Kier molecular flexibility index (Phi) is 8.14. The van der Waals surface area contributed by atoms with Crippen LogP contribution in [0.2, 0.25) is 0 Å². The van der Waals surface area contributed by atoms with Crippen LogP contribution in [0.5, 0.6) is 0 Å². The van der Waals surface area contributed by atoms with Gasteiger partial charge in [-0.2, -0.15) is 0 Å². The maximum Gasteiger partial charge on any atom is 0.0473 e. The largest absolute Gasteiger partial charge is 0.382 e. The number of nitrogens with one attached hydrogen (secondary N) is 1. The lowest BCUT2D eigenvalue weighted by Gasteiger charge is -2.05. The number of hydrogen-bond donors (Lipinski definition) is 1. The Morgan fingerprint density at radius 2 is 1.94 bits per heavy atom. The molecule has 17 heavy (non-hydrogen) atoms. The molecule has 1 aromatic carbocycles. The predicted octanol–water partition coefficient (Wildman–Crippen LogP) is 3.31. The monoisotopic (exact) mass is 253 g/mol. The minimum atomic E-state index is 0.823. The quantitative estimate of drug-likeness (QED) is 0.539. The molecule has 0 amide bonds. The van der Waals surface area contributed by atoms with Crippen molar-refractivity contribution >= 4 is 11.8 Å². The van der Waals surface area contributed by atoms with Crippen LogP contribution in [0, 0.1) is 0 Å². The summed E-state index contributed by atoms with van der Waals surface area (Å²) < 4.78 is 5.31. The summed E-state index contributed by atoms with van der Waals surface area (Å²) in [6, 6.07) is 8.82. The summed E-state index contributed by atoms with van der Waals surface area (Å²) in [6.45, 7) is 7.85. The Balaban J connectivity index is 2.20. The Hall–Kier alpha value is -0.510. The van der Waals surface area contributed by atoms with Gasteiger partial charge in [-0.15, -0.1) is 11.8 Å². The molecule has 0 aliphatic heterocycles. The fourth-order valence-electron chi connectivity index (χ4n) is 1.47. The number of ether oxygens (including phenoxy) is 1. The van der Waals surface area contributed by atoms with Crippen molar-refractivity contribution in [2.75, 3.05) is 25.5 Å². The number of thioether (sulfide) groups is 1. The van der Waals surface area contributed by atoms with Crippen molar-refractivity contribution in [2.45, 2.75) is 31.7 Å². The summed E-state index contributed by atoms with van der Waals surface area (Å²) in [5.41, 5.74) is 1.35. The van der Waals surface area contributed by atoms with Gasteiger partial charge in [0, 0.05) is 30.4 Å². The van der Waals surface area contributed by atoms with Gasteiger partial charge in [0.25, 0.3) is 0 Å². The number of hydrogen-bond acceptors (Lipinski definition) is 3. The van der Waals surface area contributed by atoms with E-state index in [1.807, 2.05) is 18.7 Å². The van der Waals surface area contributed by atoms with Crippen molar-refractivity contribution in [2.24, 2.45) is 0 Å². The van der Waals surface area contributed by atoms with E-state index in [-0.39, 0.29) is 0 Å². The summed E-state index contributed by atoms with van der Waals surface area (Å²) in [7, 11) is 0. The van der Waals surface area contributed by atoms with E-state index in [4.69, 9.17) is 4.74 Å². The van der Waals surface area contributed by atoms with Crippen LogP contribution in [0.3, 0.4) is 0 Å². The Labute approximate surface area is 109 Å². The van der Waals surface area contributed by atoms with E-state index in [0.29, 0.717) is 0 Å². The van der Waals surface area contributed by atoms with Crippen molar-refractivity contribution in [1.82, 2.24) is 5.32 Å². The topological polar surface area (TPSA) is 21.3 Å². The molecule has 1 rings (SSSR count). The molecule has 0 spiro atoms. The normalized spacial score (nSPS) is 10.7. The van der Waals surface area contributed by atoms with E-state index in [1.165, 1.54) is 10.5 Å². The van der Waals surface area contributed by atoms with Crippen LogP contribution in [-0.2, 0) is 11.3 Å². The second-order valence-electron chi connectivity index (χ2n) is 3.82. The van der Waals surface area contributed by atoms with Gasteiger partial charge in [-0.25, -0.2) is 0 Å². The highest BCUT2D eigenvalue weighted by atomic mass is 32.2. The van der Waals surface area contributed by atoms with E-state index in [2.05, 4.69) is 36.5 Å². The summed E-state index contributed by atoms with van der Waals surface area (Å²) in [6.07, 6.45) is 1.12. The molecule has 1 aromatic rings. The zero-order chi connectivity index (χ0) is 12.3. The molecule has 0 radical (unpaired) electrons. The van der Waals surface area contributed by atoms with E-state index in [1.54, 1.807) is 0 Å². The second kappa shape index (κ2) is 9.51. The molecule has 0 aromatic heterocycles. The van der Waals surface area contributed by atoms with Crippen LogP contribution in [0.25, 0.3) is 0 Å². The lowest BCUT2D eigenvalue weighted by atomic mass is 10.2. The van der Waals surface area contributed by atoms with Gasteiger partial charge < -0.3 is 10.1 Å². The van der Waals surface area contributed by atoms with Crippen LogP contribution >= 0.6 is 11.8 Å². The van der Waals surface area contributed by atoms with Gasteiger partial charge in [-0.05, 0) is 37.6 Å². The molecule has 0 atom stereocenters. The molecule has 2 nitrogen and oxygen atoms in total. The molecule has 96 valence electrons. The van der Waals surface area contributed by atoms with Gasteiger partial charge in [-0.1, -0.05) is 19.1 Å². The lowest BCUT2D eigenvalue weighted by Crippen LogP contribution is -2.11. The van der Waals surface area contributed by atoms with E-state index >= 15 is 0 Å². The van der Waals surface area contributed by atoms with E-state index in [9.17, 15) is 0 Å². The summed E-state index contributed by atoms with van der Waals surface area (Å²) in [5.74, 6) is 1.13. The Morgan fingerprint density at radius 1 is 1.18 bits per heavy atom. The standard InChI is InChI=1S/C14H23NOS/c1-3-15-12-13-6-8-14(9-7-13)17-11-5-10-16-4-2/h6-9,15H,3-5,10-12H2,1-2H3.